The number of thiazole rings is 1. The maximum Gasteiger partial charge on any atom is 0.243 e. The lowest BCUT2D eigenvalue weighted by Gasteiger charge is -2.33. The number of pyridine rings is 1. The Labute approximate surface area is 215 Å². The van der Waals surface area contributed by atoms with Crippen LogP contribution in [0.1, 0.15) is 29.7 Å². The molecule has 1 atom stereocenters. The highest BCUT2D eigenvalue weighted by Gasteiger charge is 2.36. The number of benzene rings is 2. The number of hydrogen-bond donors (Lipinski definition) is 0. The van der Waals surface area contributed by atoms with Gasteiger partial charge in [0.15, 0.2) is 5.13 Å². The van der Waals surface area contributed by atoms with Crippen LogP contribution in [0.2, 0.25) is 0 Å². The van der Waals surface area contributed by atoms with Crippen molar-refractivity contribution in [3.05, 3.63) is 83.7 Å². The van der Waals surface area contributed by atoms with Crippen LogP contribution in [0.15, 0.2) is 71.8 Å². The van der Waals surface area contributed by atoms with Crippen LogP contribution in [-0.4, -0.2) is 41.7 Å². The van der Waals surface area contributed by atoms with E-state index in [1.165, 1.54) is 15.6 Å². The molecule has 1 unspecified atom stereocenters. The zero-order chi connectivity index (χ0) is 25.3. The van der Waals surface area contributed by atoms with E-state index in [2.05, 4.69) is 17.1 Å². The van der Waals surface area contributed by atoms with E-state index in [1.807, 2.05) is 32.0 Å². The molecule has 7 nitrogen and oxygen atoms in total. The number of carbonyl (C=O) groups excluding carboxylic acids is 1. The molecule has 0 radical (unpaired) electrons. The molecular weight excluding hydrogens is 492 g/mol. The third kappa shape index (κ3) is 4.91. The highest BCUT2D eigenvalue weighted by Crippen LogP contribution is 2.34. The first-order valence-electron chi connectivity index (χ1n) is 12.0. The second-order valence-corrected chi connectivity index (χ2v) is 12.1. The van der Waals surface area contributed by atoms with Gasteiger partial charge in [0.1, 0.15) is 0 Å². The summed E-state index contributed by atoms with van der Waals surface area (Å²) >= 11 is 1.48. The zero-order valence-electron chi connectivity index (χ0n) is 20.3. The first-order chi connectivity index (χ1) is 17.3. The smallest absolute Gasteiger partial charge is 0.243 e. The highest BCUT2D eigenvalue weighted by molar-refractivity contribution is 7.89. The average Bonchev–Trinajstić information content (AvgIpc) is 3.32. The SMILES string of the molecule is Cc1cc(C)c2nc(N(Cc3ccccn3)C(=O)C3CCCN(S(=O)(=O)c4ccccc4)C3)sc2c1. The Morgan fingerprint density at radius 3 is 2.64 bits per heavy atom. The fourth-order valence-electron chi connectivity index (χ4n) is 4.69. The minimum atomic E-state index is -3.67. The van der Waals surface area contributed by atoms with Gasteiger partial charge in [-0.1, -0.05) is 41.7 Å². The summed E-state index contributed by atoms with van der Waals surface area (Å²) in [4.78, 5) is 25.2. The van der Waals surface area contributed by atoms with Crippen LogP contribution >= 0.6 is 11.3 Å². The van der Waals surface area contributed by atoms with Gasteiger partial charge in [0, 0.05) is 19.3 Å². The van der Waals surface area contributed by atoms with Crippen molar-refractivity contribution in [3.8, 4) is 0 Å². The molecule has 0 bridgehead atoms. The number of fused-ring (bicyclic) bond motifs is 1. The predicted molar refractivity (Wildman–Crippen MR) is 142 cm³/mol. The summed E-state index contributed by atoms with van der Waals surface area (Å²) in [6, 6.07) is 18.2. The number of aromatic nitrogens is 2. The molecule has 9 heteroatoms. The van der Waals surface area contributed by atoms with E-state index in [0.29, 0.717) is 24.5 Å². The minimum Gasteiger partial charge on any atom is -0.282 e. The Kier molecular flexibility index (Phi) is 6.87. The van der Waals surface area contributed by atoms with E-state index < -0.39 is 15.9 Å². The summed E-state index contributed by atoms with van der Waals surface area (Å²) in [5, 5.41) is 0.609. The Morgan fingerprint density at radius 1 is 1.11 bits per heavy atom. The van der Waals surface area contributed by atoms with Crippen molar-refractivity contribution in [1.82, 2.24) is 14.3 Å². The van der Waals surface area contributed by atoms with Gasteiger partial charge >= 0.3 is 0 Å². The van der Waals surface area contributed by atoms with Crippen LogP contribution in [0, 0.1) is 19.8 Å². The fourth-order valence-corrected chi connectivity index (χ4v) is 7.38. The van der Waals surface area contributed by atoms with Gasteiger partial charge in [-0.25, -0.2) is 13.4 Å². The Morgan fingerprint density at radius 2 is 1.89 bits per heavy atom. The number of nitrogens with zero attached hydrogens (tertiary/aromatic N) is 4. The van der Waals surface area contributed by atoms with Crippen molar-refractivity contribution < 1.29 is 13.2 Å². The quantitative estimate of drug-likeness (QED) is 0.360. The van der Waals surface area contributed by atoms with Gasteiger partial charge in [-0.05, 0) is 68.1 Å². The van der Waals surface area contributed by atoms with Gasteiger partial charge in [-0.15, -0.1) is 0 Å². The molecule has 0 aliphatic carbocycles. The van der Waals surface area contributed by atoms with Crippen LogP contribution in [0.4, 0.5) is 5.13 Å². The van der Waals surface area contributed by atoms with E-state index in [1.54, 1.807) is 41.4 Å². The van der Waals surface area contributed by atoms with Crippen LogP contribution in [0.25, 0.3) is 10.2 Å². The second-order valence-electron chi connectivity index (χ2n) is 9.19. The fraction of sp³-hybridized carbons (Fsp3) is 0.296. The van der Waals surface area contributed by atoms with E-state index in [0.717, 1.165) is 27.0 Å². The van der Waals surface area contributed by atoms with Gasteiger partial charge < -0.3 is 0 Å². The minimum absolute atomic E-state index is 0.123. The molecule has 1 saturated heterocycles. The lowest BCUT2D eigenvalue weighted by Crippen LogP contribution is -2.46. The van der Waals surface area contributed by atoms with Crippen molar-refractivity contribution in [1.29, 1.82) is 0 Å². The topological polar surface area (TPSA) is 83.5 Å². The molecule has 4 aromatic rings. The molecule has 0 N–H and O–H groups in total. The molecule has 0 saturated carbocycles. The summed E-state index contributed by atoms with van der Waals surface area (Å²) in [6.45, 7) is 4.90. The van der Waals surface area contributed by atoms with Crippen molar-refractivity contribution >= 4 is 42.6 Å². The van der Waals surface area contributed by atoms with Gasteiger partial charge in [-0.2, -0.15) is 4.31 Å². The number of rotatable bonds is 6. The Balaban J connectivity index is 1.47. The Bertz CT molecular complexity index is 1490. The number of anilines is 1. The Hall–Kier alpha value is -3.14. The molecule has 36 heavy (non-hydrogen) atoms. The lowest BCUT2D eigenvalue weighted by molar-refractivity contribution is -0.123. The summed E-state index contributed by atoms with van der Waals surface area (Å²) in [6.07, 6.45) is 2.96. The summed E-state index contributed by atoms with van der Waals surface area (Å²) in [5.74, 6) is -0.585. The molecule has 1 aliphatic heterocycles. The molecule has 1 amide bonds. The first kappa shape index (κ1) is 24.5. The molecule has 3 heterocycles. The largest absolute Gasteiger partial charge is 0.282 e. The molecule has 186 valence electrons. The van der Waals surface area contributed by atoms with Gasteiger partial charge in [-0.3, -0.25) is 14.7 Å². The van der Waals surface area contributed by atoms with Crippen LogP contribution in [-0.2, 0) is 21.4 Å². The number of sulfonamides is 1. The van der Waals surface area contributed by atoms with Crippen molar-refractivity contribution in [3.63, 3.8) is 0 Å². The lowest BCUT2D eigenvalue weighted by atomic mass is 9.98. The molecule has 0 spiro atoms. The van der Waals surface area contributed by atoms with Crippen LogP contribution in [0.5, 0.6) is 0 Å². The van der Waals surface area contributed by atoms with E-state index in [-0.39, 0.29) is 23.9 Å². The summed E-state index contributed by atoms with van der Waals surface area (Å²) in [5.41, 5.74) is 3.85. The van der Waals surface area contributed by atoms with Gasteiger partial charge in [0.2, 0.25) is 15.9 Å². The van der Waals surface area contributed by atoms with E-state index in [9.17, 15) is 13.2 Å². The standard InChI is InChI=1S/C27H28N4O3S2/c1-19-15-20(2)25-24(16-19)35-27(29-25)31(18-22-10-6-7-13-28-22)26(32)21-9-8-14-30(17-21)36(33,34)23-11-4-3-5-12-23/h3-7,10-13,15-16,21H,8-9,14,17-18H2,1-2H3. The van der Waals surface area contributed by atoms with Crippen molar-refractivity contribution in [2.24, 2.45) is 5.92 Å². The third-order valence-corrected chi connectivity index (χ3v) is 9.38. The van der Waals surface area contributed by atoms with Crippen molar-refractivity contribution in [2.75, 3.05) is 18.0 Å². The van der Waals surface area contributed by atoms with E-state index >= 15 is 0 Å². The van der Waals surface area contributed by atoms with Gasteiger partial charge in [0.05, 0.1) is 33.3 Å². The number of carbonyl (C=O) groups is 1. The molecule has 1 aliphatic rings. The molecule has 5 rings (SSSR count). The third-order valence-electron chi connectivity index (χ3n) is 6.48. The number of aryl methyl sites for hydroxylation is 2. The predicted octanol–water partition coefficient (Wildman–Crippen LogP) is 4.94. The summed E-state index contributed by atoms with van der Waals surface area (Å²) < 4.78 is 29.0. The normalized spacial score (nSPS) is 16.8. The molecule has 1 fully saturated rings. The maximum absolute atomic E-state index is 14.0. The van der Waals surface area contributed by atoms with Crippen LogP contribution in [0.3, 0.4) is 0 Å². The number of hydrogen-bond acceptors (Lipinski definition) is 6. The average molecular weight is 521 g/mol. The maximum atomic E-state index is 14.0. The monoisotopic (exact) mass is 520 g/mol. The zero-order valence-corrected chi connectivity index (χ0v) is 21.9. The van der Waals surface area contributed by atoms with Crippen LogP contribution < -0.4 is 4.90 Å². The number of piperidine rings is 1. The molecule has 2 aromatic carbocycles. The molecule has 2 aromatic heterocycles. The number of amides is 1. The highest BCUT2D eigenvalue weighted by atomic mass is 32.2. The molecular formula is C27H28N4O3S2. The van der Waals surface area contributed by atoms with Gasteiger partial charge in [0.25, 0.3) is 0 Å². The van der Waals surface area contributed by atoms with Crippen molar-refractivity contribution in [2.45, 2.75) is 38.1 Å². The second kappa shape index (κ2) is 10.1. The first-order valence-corrected chi connectivity index (χ1v) is 14.2. The van der Waals surface area contributed by atoms with E-state index in [4.69, 9.17) is 4.98 Å². The summed E-state index contributed by atoms with van der Waals surface area (Å²) in [7, 11) is -3.67.